The highest BCUT2D eigenvalue weighted by molar-refractivity contribution is 5.21. The lowest BCUT2D eigenvalue weighted by molar-refractivity contribution is 0.192. The average Bonchev–Trinajstić information content (AvgIpc) is 2.96. The van der Waals surface area contributed by atoms with E-state index in [1.54, 1.807) is 0 Å². The molecule has 3 unspecified atom stereocenters. The fourth-order valence-corrected chi connectivity index (χ4v) is 3.28. The molecule has 2 nitrogen and oxygen atoms in total. The lowest BCUT2D eigenvalue weighted by Gasteiger charge is -2.30. The van der Waals surface area contributed by atoms with Gasteiger partial charge in [-0.05, 0) is 56.3 Å². The molecule has 2 rings (SSSR count). The van der Waals surface area contributed by atoms with Crippen molar-refractivity contribution in [3.63, 3.8) is 0 Å². The van der Waals surface area contributed by atoms with Crippen LogP contribution in [0.1, 0.15) is 45.6 Å². The van der Waals surface area contributed by atoms with Crippen LogP contribution in [0.5, 0.6) is 0 Å². The molecular formula is C19H32N2. The predicted molar refractivity (Wildman–Crippen MR) is 91.7 cm³/mol. The number of hydrogen-bond acceptors (Lipinski definition) is 2. The summed E-state index contributed by atoms with van der Waals surface area (Å²) in [6.07, 6.45) is 1.31. The van der Waals surface area contributed by atoms with Crippen molar-refractivity contribution in [3.8, 4) is 0 Å². The lowest BCUT2D eigenvalue weighted by Crippen LogP contribution is -2.40. The standard InChI is InChI=1S/C19H32N2/c1-15(2)12-20-13-16(3)17(4)21-11-10-19(14-21)18-8-6-5-7-9-18/h5-9,15-17,19-20H,10-14H2,1-4H3. The number of hydrogen-bond donors (Lipinski definition) is 1. The fourth-order valence-electron chi connectivity index (χ4n) is 3.28. The Kier molecular flexibility index (Phi) is 6.25. The van der Waals surface area contributed by atoms with Crippen molar-refractivity contribution >= 4 is 0 Å². The number of benzene rings is 1. The summed E-state index contributed by atoms with van der Waals surface area (Å²) in [5.41, 5.74) is 1.51. The van der Waals surface area contributed by atoms with Crippen molar-refractivity contribution in [2.75, 3.05) is 26.2 Å². The second-order valence-electron chi connectivity index (χ2n) is 7.16. The van der Waals surface area contributed by atoms with Crippen LogP contribution in [0.2, 0.25) is 0 Å². The van der Waals surface area contributed by atoms with Crippen LogP contribution in [-0.4, -0.2) is 37.1 Å². The van der Waals surface area contributed by atoms with Crippen LogP contribution in [0, 0.1) is 11.8 Å². The Morgan fingerprint density at radius 3 is 2.48 bits per heavy atom. The SMILES string of the molecule is CC(C)CNCC(C)C(C)N1CCC(c2ccccc2)C1. The third kappa shape index (κ3) is 4.82. The van der Waals surface area contributed by atoms with E-state index in [1.807, 2.05) is 0 Å². The maximum absolute atomic E-state index is 3.61. The van der Waals surface area contributed by atoms with Crippen molar-refractivity contribution < 1.29 is 0 Å². The molecule has 1 N–H and O–H groups in total. The normalized spacial score (nSPS) is 22.6. The van der Waals surface area contributed by atoms with E-state index in [0.717, 1.165) is 24.9 Å². The Morgan fingerprint density at radius 1 is 1.10 bits per heavy atom. The van der Waals surface area contributed by atoms with Gasteiger partial charge in [0.2, 0.25) is 0 Å². The molecule has 0 aromatic heterocycles. The lowest BCUT2D eigenvalue weighted by atomic mass is 9.98. The molecule has 2 heteroatoms. The zero-order valence-corrected chi connectivity index (χ0v) is 14.2. The molecule has 0 radical (unpaired) electrons. The Morgan fingerprint density at radius 2 is 1.81 bits per heavy atom. The summed E-state index contributed by atoms with van der Waals surface area (Å²) in [6.45, 7) is 14.0. The van der Waals surface area contributed by atoms with Crippen LogP contribution in [0.25, 0.3) is 0 Å². The molecule has 0 spiro atoms. The minimum Gasteiger partial charge on any atom is -0.316 e. The Hall–Kier alpha value is -0.860. The van der Waals surface area contributed by atoms with Crippen LogP contribution < -0.4 is 5.32 Å². The van der Waals surface area contributed by atoms with Gasteiger partial charge in [-0.2, -0.15) is 0 Å². The van der Waals surface area contributed by atoms with E-state index in [4.69, 9.17) is 0 Å². The van der Waals surface area contributed by atoms with E-state index in [-0.39, 0.29) is 0 Å². The zero-order chi connectivity index (χ0) is 15.2. The molecule has 1 heterocycles. The first kappa shape index (κ1) is 16.5. The van der Waals surface area contributed by atoms with Gasteiger partial charge in [0.25, 0.3) is 0 Å². The van der Waals surface area contributed by atoms with Gasteiger partial charge in [0.05, 0.1) is 0 Å². The van der Waals surface area contributed by atoms with Crippen molar-refractivity contribution in [1.29, 1.82) is 0 Å². The second-order valence-corrected chi connectivity index (χ2v) is 7.16. The summed E-state index contributed by atoms with van der Waals surface area (Å²) in [5.74, 6) is 2.17. The second kappa shape index (κ2) is 7.95. The van der Waals surface area contributed by atoms with Crippen LogP contribution in [0.15, 0.2) is 30.3 Å². The van der Waals surface area contributed by atoms with Crippen LogP contribution in [-0.2, 0) is 0 Å². The summed E-state index contributed by atoms with van der Waals surface area (Å²) < 4.78 is 0. The van der Waals surface area contributed by atoms with Crippen molar-refractivity contribution in [3.05, 3.63) is 35.9 Å². The Labute approximate surface area is 130 Å². The molecule has 1 saturated heterocycles. The highest BCUT2D eigenvalue weighted by Gasteiger charge is 2.29. The van der Waals surface area contributed by atoms with Crippen LogP contribution >= 0.6 is 0 Å². The molecule has 0 bridgehead atoms. The smallest absolute Gasteiger partial charge is 0.0105 e. The van der Waals surface area contributed by atoms with Crippen molar-refractivity contribution in [2.24, 2.45) is 11.8 Å². The van der Waals surface area contributed by atoms with Crippen molar-refractivity contribution in [2.45, 2.75) is 46.1 Å². The molecule has 1 aliphatic rings. The molecule has 1 aliphatic heterocycles. The first-order chi connectivity index (χ1) is 10.1. The van der Waals surface area contributed by atoms with E-state index < -0.39 is 0 Å². The van der Waals surface area contributed by atoms with Gasteiger partial charge in [-0.15, -0.1) is 0 Å². The predicted octanol–water partition coefficient (Wildman–Crippen LogP) is 3.75. The molecular weight excluding hydrogens is 256 g/mol. The maximum Gasteiger partial charge on any atom is 0.0105 e. The first-order valence-electron chi connectivity index (χ1n) is 8.57. The monoisotopic (exact) mass is 288 g/mol. The van der Waals surface area contributed by atoms with Gasteiger partial charge in [0, 0.05) is 12.6 Å². The van der Waals surface area contributed by atoms with E-state index in [2.05, 4.69) is 68.2 Å². The summed E-state index contributed by atoms with van der Waals surface area (Å²) in [5, 5.41) is 3.61. The van der Waals surface area contributed by atoms with E-state index in [9.17, 15) is 0 Å². The number of nitrogens with one attached hydrogen (secondary N) is 1. The van der Waals surface area contributed by atoms with Crippen LogP contribution in [0.3, 0.4) is 0 Å². The molecule has 1 aromatic rings. The Balaban J connectivity index is 1.80. The number of likely N-dealkylation sites (tertiary alicyclic amines) is 1. The quantitative estimate of drug-likeness (QED) is 0.822. The number of rotatable bonds is 7. The average molecular weight is 288 g/mol. The largest absolute Gasteiger partial charge is 0.316 e. The minimum atomic E-state index is 0.665. The van der Waals surface area contributed by atoms with E-state index in [0.29, 0.717) is 12.0 Å². The van der Waals surface area contributed by atoms with Crippen LogP contribution in [0.4, 0.5) is 0 Å². The minimum absolute atomic E-state index is 0.665. The molecule has 1 fully saturated rings. The third-order valence-corrected chi connectivity index (χ3v) is 4.91. The highest BCUT2D eigenvalue weighted by Crippen LogP contribution is 2.29. The molecule has 118 valence electrons. The van der Waals surface area contributed by atoms with Gasteiger partial charge in [0.1, 0.15) is 0 Å². The van der Waals surface area contributed by atoms with Crippen molar-refractivity contribution in [1.82, 2.24) is 10.2 Å². The zero-order valence-electron chi connectivity index (χ0n) is 14.2. The van der Waals surface area contributed by atoms with Gasteiger partial charge in [-0.3, -0.25) is 4.90 Å². The van der Waals surface area contributed by atoms with Gasteiger partial charge in [-0.1, -0.05) is 51.1 Å². The Bertz CT molecular complexity index is 401. The molecule has 0 saturated carbocycles. The third-order valence-electron chi connectivity index (χ3n) is 4.91. The fraction of sp³-hybridized carbons (Fsp3) is 0.684. The summed E-state index contributed by atoms with van der Waals surface area (Å²) in [7, 11) is 0. The van der Waals surface area contributed by atoms with Gasteiger partial charge >= 0.3 is 0 Å². The van der Waals surface area contributed by atoms with E-state index >= 15 is 0 Å². The summed E-state index contributed by atoms with van der Waals surface area (Å²) in [6, 6.07) is 11.7. The first-order valence-corrected chi connectivity index (χ1v) is 8.57. The molecule has 0 aliphatic carbocycles. The molecule has 1 aromatic carbocycles. The van der Waals surface area contributed by atoms with E-state index in [1.165, 1.54) is 25.1 Å². The van der Waals surface area contributed by atoms with Gasteiger partial charge in [-0.25, -0.2) is 0 Å². The number of nitrogens with zero attached hydrogens (tertiary/aromatic N) is 1. The topological polar surface area (TPSA) is 15.3 Å². The van der Waals surface area contributed by atoms with Gasteiger partial charge < -0.3 is 5.32 Å². The van der Waals surface area contributed by atoms with Gasteiger partial charge in [0.15, 0.2) is 0 Å². The highest BCUT2D eigenvalue weighted by atomic mass is 15.2. The summed E-state index contributed by atoms with van der Waals surface area (Å²) >= 11 is 0. The maximum atomic E-state index is 3.61. The molecule has 21 heavy (non-hydrogen) atoms. The summed E-state index contributed by atoms with van der Waals surface area (Å²) in [4.78, 5) is 2.68. The molecule has 0 amide bonds. The molecule has 3 atom stereocenters.